The Bertz CT molecular complexity index is 456. The second kappa shape index (κ2) is 6.02. The summed E-state index contributed by atoms with van der Waals surface area (Å²) in [5, 5.41) is 10.9. The third-order valence-corrected chi connectivity index (χ3v) is 3.85. The Labute approximate surface area is 113 Å². The highest BCUT2D eigenvalue weighted by Crippen LogP contribution is 2.28. The summed E-state index contributed by atoms with van der Waals surface area (Å²) >= 11 is 0. The van der Waals surface area contributed by atoms with Gasteiger partial charge in [0, 0.05) is 19.2 Å². The van der Waals surface area contributed by atoms with E-state index < -0.39 is 4.92 Å². The van der Waals surface area contributed by atoms with Gasteiger partial charge < -0.3 is 10.6 Å². The lowest BCUT2D eigenvalue weighted by Crippen LogP contribution is -2.24. The van der Waals surface area contributed by atoms with Crippen LogP contribution in [0.25, 0.3) is 0 Å². The number of benzene rings is 1. The molecule has 1 aliphatic carbocycles. The van der Waals surface area contributed by atoms with Gasteiger partial charge in [0.05, 0.1) is 4.92 Å². The number of nitro benzene ring substituents is 1. The lowest BCUT2D eigenvalue weighted by atomic mass is 10.1. The molecule has 0 heterocycles. The normalized spacial score (nSPS) is 16.1. The minimum absolute atomic E-state index is 0.00627. The molecule has 0 aromatic heterocycles. The van der Waals surface area contributed by atoms with Crippen molar-refractivity contribution in [2.24, 2.45) is 5.92 Å². The maximum absolute atomic E-state index is 10.9. The molecule has 0 bridgehead atoms. The highest BCUT2D eigenvalue weighted by Gasteiger charge is 2.19. The molecule has 0 spiro atoms. The molecule has 0 unspecified atom stereocenters. The molecule has 0 aliphatic heterocycles. The van der Waals surface area contributed by atoms with Gasteiger partial charge in [-0.15, -0.1) is 0 Å². The van der Waals surface area contributed by atoms with Crippen molar-refractivity contribution in [2.75, 3.05) is 19.3 Å². The average Bonchev–Trinajstić information content (AvgIpc) is 2.84. The summed E-state index contributed by atoms with van der Waals surface area (Å²) in [7, 11) is 2.05. The molecule has 19 heavy (non-hydrogen) atoms. The van der Waals surface area contributed by atoms with Crippen LogP contribution in [0, 0.1) is 16.0 Å². The summed E-state index contributed by atoms with van der Waals surface area (Å²) in [6.07, 6.45) is 5.26. The number of nitro groups is 1. The highest BCUT2D eigenvalue weighted by molar-refractivity contribution is 5.62. The lowest BCUT2D eigenvalue weighted by molar-refractivity contribution is -0.384. The predicted molar refractivity (Wildman–Crippen MR) is 75.8 cm³/mol. The summed E-state index contributed by atoms with van der Waals surface area (Å²) in [5.74, 6) is 0.768. The fraction of sp³-hybridized carbons (Fsp3) is 0.571. The molecule has 104 valence electrons. The molecule has 1 aliphatic rings. The molecule has 5 heteroatoms. The van der Waals surface area contributed by atoms with Crippen molar-refractivity contribution in [3.8, 4) is 0 Å². The first-order chi connectivity index (χ1) is 9.08. The van der Waals surface area contributed by atoms with Crippen LogP contribution in [0.4, 0.5) is 11.4 Å². The van der Waals surface area contributed by atoms with Crippen molar-refractivity contribution in [1.82, 2.24) is 4.90 Å². The van der Waals surface area contributed by atoms with Crippen LogP contribution in [0.5, 0.6) is 0 Å². The van der Waals surface area contributed by atoms with E-state index in [1.165, 1.54) is 31.7 Å². The van der Waals surface area contributed by atoms with E-state index in [0.717, 1.165) is 18.0 Å². The zero-order valence-corrected chi connectivity index (χ0v) is 11.3. The molecule has 1 aromatic carbocycles. The zero-order chi connectivity index (χ0) is 13.8. The lowest BCUT2D eigenvalue weighted by Gasteiger charge is -2.21. The second-order valence-electron chi connectivity index (χ2n) is 5.45. The van der Waals surface area contributed by atoms with Crippen molar-refractivity contribution in [3.63, 3.8) is 0 Å². The second-order valence-corrected chi connectivity index (χ2v) is 5.45. The van der Waals surface area contributed by atoms with E-state index >= 15 is 0 Å². The van der Waals surface area contributed by atoms with Gasteiger partial charge in [-0.3, -0.25) is 10.1 Å². The van der Waals surface area contributed by atoms with E-state index in [-0.39, 0.29) is 5.69 Å². The molecule has 0 saturated heterocycles. The van der Waals surface area contributed by atoms with E-state index in [1.54, 1.807) is 6.07 Å². The summed E-state index contributed by atoms with van der Waals surface area (Å²) in [6, 6.07) is 5.02. The van der Waals surface area contributed by atoms with Crippen LogP contribution in [-0.2, 0) is 6.54 Å². The fourth-order valence-electron chi connectivity index (χ4n) is 2.89. The van der Waals surface area contributed by atoms with Crippen molar-refractivity contribution < 1.29 is 4.92 Å². The largest absolute Gasteiger partial charge is 0.393 e. The maximum Gasteiger partial charge on any atom is 0.292 e. The first-order valence-corrected chi connectivity index (χ1v) is 6.78. The van der Waals surface area contributed by atoms with Gasteiger partial charge >= 0.3 is 0 Å². The SMILES string of the molecule is CN(Cc1cccc([N+](=O)[O-])c1N)CC1CCCC1. The molecule has 1 saturated carbocycles. The molecular weight excluding hydrogens is 242 g/mol. The van der Waals surface area contributed by atoms with Gasteiger partial charge in [-0.05, 0) is 31.4 Å². The van der Waals surface area contributed by atoms with Gasteiger partial charge in [0.15, 0.2) is 0 Å². The summed E-state index contributed by atoms with van der Waals surface area (Å²) in [5.41, 5.74) is 7.02. The molecule has 0 amide bonds. The first kappa shape index (κ1) is 13.8. The Morgan fingerprint density at radius 2 is 2.11 bits per heavy atom. The average molecular weight is 263 g/mol. The van der Waals surface area contributed by atoms with Gasteiger partial charge in [-0.25, -0.2) is 0 Å². The third kappa shape index (κ3) is 3.44. The smallest absolute Gasteiger partial charge is 0.292 e. The van der Waals surface area contributed by atoms with Gasteiger partial charge in [0.2, 0.25) is 0 Å². The topological polar surface area (TPSA) is 72.4 Å². The van der Waals surface area contributed by atoms with Crippen LogP contribution >= 0.6 is 0 Å². The molecule has 0 atom stereocenters. The van der Waals surface area contributed by atoms with Crippen LogP contribution in [-0.4, -0.2) is 23.4 Å². The molecular formula is C14H21N3O2. The number of nitrogens with two attached hydrogens (primary N) is 1. The summed E-state index contributed by atoms with van der Waals surface area (Å²) in [6.45, 7) is 1.71. The van der Waals surface area contributed by atoms with Crippen molar-refractivity contribution >= 4 is 11.4 Å². The van der Waals surface area contributed by atoms with Gasteiger partial charge in [-0.1, -0.05) is 25.0 Å². The Morgan fingerprint density at radius 1 is 1.42 bits per heavy atom. The molecule has 2 rings (SSSR count). The number of hydrogen-bond donors (Lipinski definition) is 1. The van der Waals surface area contributed by atoms with Crippen LogP contribution in [0.15, 0.2) is 18.2 Å². The molecule has 5 nitrogen and oxygen atoms in total. The van der Waals surface area contributed by atoms with Crippen LogP contribution < -0.4 is 5.73 Å². The summed E-state index contributed by atoms with van der Waals surface area (Å²) in [4.78, 5) is 12.6. The minimum atomic E-state index is -0.421. The Hall–Kier alpha value is -1.62. The van der Waals surface area contributed by atoms with Gasteiger partial charge in [-0.2, -0.15) is 0 Å². The van der Waals surface area contributed by atoms with Crippen LogP contribution in [0.3, 0.4) is 0 Å². The number of nitrogens with zero attached hydrogens (tertiary/aromatic N) is 2. The Morgan fingerprint density at radius 3 is 2.74 bits per heavy atom. The number of rotatable bonds is 5. The fourth-order valence-corrected chi connectivity index (χ4v) is 2.89. The minimum Gasteiger partial charge on any atom is -0.393 e. The number of anilines is 1. The predicted octanol–water partition coefficient (Wildman–Crippen LogP) is 2.80. The van der Waals surface area contributed by atoms with Crippen LogP contribution in [0.1, 0.15) is 31.2 Å². The van der Waals surface area contributed by atoms with Gasteiger partial charge in [0.1, 0.15) is 5.69 Å². The monoisotopic (exact) mass is 263 g/mol. The van der Waals surface area contributed by atoms with E-state index in [1.807, 2.05) is 6.07 Å². The van der Waals surface area contributed by atoms with E-state index in [2.05, 4.69) is 11.9 Å². The van der Waals surface area contributed by atoms with E-state index in [4.69, 9.17) is 5.73 Å². The molecule has 1 aromatic rings. The summed E-state index contributed by atoms with van der Waals surface area (Å²) < 4.78 is 0. The maximum atomic E-state index is 10.9. The quantitative estimate of drug-likeness (QED) is 0.503. The standard InChI is InChI=1S/C14H21N3O2/c1-16(9-11-5-2-3-6-11)10-12-7-4-8-13(14(12)15)17(18)19/h4,7-8,11H,2-3,5-6,9-10,15H2,1H3. The highest BCUT2D eigenvalue weighted by atomic mass is 16.6. The van der Waals surface area contributed by atoms with Crippen LogP contribution in [0.2, 0.25) is 0 Å². The van der Waals surface area contributed by atoms with Gasteiger partial charge in [0.25, 0.3) is 5.69 Å². The Kier molecular flexibility index (Phi) is 4.37. The molecule has 2 N–H and O–H groups in total. The molecule has 0 radical (unpaired) electrons. The number of nitrogen functional groups attached to an aromatic ring is 1. The van der Waals surface area contributed by atoms with Crippen molar-refractivity contribution in [3.05, 3.63) is 33.9 Å². The van der Waals surface area contributed by atoms with E-state index in [0.29, 0.717) is 12.2 Å². The number of hydrogen-bond acceptors (Lipinski definition) is 4. The first-order valence-electron chi connectivity index (χ1n) is 6.78. The zero-order valence-electron chi connectivity index (χ0n) is 11.3. The van der Waals surface area contributed by atoms with Crippen molar-refractivity contribution in [2.45, 2.75) is 32.2 Å². The Balaban J connectivity index is 2.01. The van der Waals surface area contributed by atoms with Crippen molar-refractivity contribution in [1.29, 1.82) is 0 Å². The third-order valence-electron chi connectivity index (χ3n) is 3.85. The number of para-hydroxylation sites is 1. The van der Waals surface area contributed by atoms with E-state index in [9.17, 15) is 10.1 Å². The molecule has 1 fully saturated rings.